The fourth-order valence-electron chi connectivity index (χ4n) is 2.63. The van der Waals surface area contributed by atoms with Crippen molar-refractivity contribution in [1.29, 1.82) is 15.8 Å². The smallest absolute Gasteiger partial charge is 0.163 e. The molecule has 1 aromatic carbocycles. The van der Waals surface area contributed by atoms with Gasteiger partial charge in [-0.05, 0) is 38.1 Å². The molecule has 3 aromatic rings. The second-order valence-corrected chi connectivity index (χ2v) is 5.60. The van der Waals surface area contributed by atoms with Crippen LogP contribution in [0.2, 0.25) is 0 Å². The molecule has 0 aliphatic heterocycles. The van der Waals surface area contributed by atoms with Crippen LogP contribution >= 0.6 is 0 Å². The van der Waals surface area contributed by atoms with Crippen LogP contribution in [0.3, 0.4) is 0 Å². The van der Waals surface area contributed by atoms with Gasteiger partial charge in [-0.15, -0.1) is 0 Å². The second-order valence-electron chi connectivity index (χ2n) is 5.60. The van der Waals surface area contributed by atoms with Crippen LogP contribution in [0.25, 0.3) is 16.7 Å². The number of nitrogens with one attached hydrogen (secondary N) is 1. The van der Waals surface area contributed by atoms with Crippen molar-refractivity contribution in [3.63, 3.8) is 0 Å². The van der Waals surface area contributed by atoms with Gasteiger partial charge in [-0.25, -0.2) is 9.67 Å². The minimum Gasteiger partial charge on any atom is -0.343 e. The Morgan fingerprint density at radius 2 is 1.81 bits per heavy atom. The zero-order valence-electron chi connectivity index (χ0n) is 14.1. The van der Waals surface area contributed by atoms with Crippen molar-refractivity contribution in [2.24, 2.45) is 0 Å². The molecule has 7 heteroatoms. The first-order chi connectivity index (χ1) is 12.6. The van der Waals surface area contributed by atoms with Crippen LogP contribution < -0.4 is 5.32 Å². The van der Waals surface area contributed by atoms with Crippen molar-refractivity contribution < 1.29 is 0 Å². The quantitative estimate of drug-likeness (QED) is 0.732. The molecule has 0 aliphatic rings. The van der Waals surface area contributed by atoms with Crippen molar-refractivity contribution in [2.75, 3.05) is 5.32 Å². The second kappa shape index (κ2) is 6.76. The molecule has 0 aliphatic carbocycles. The van der Waals surface area contributed by atoms with Crippen molar-refractivity contribution >= 4 is 16.6 Å². The maximum absolute atomic E-state index is 9.26. The summed E-state index contributed by atoms with van der Waals surface area (Å²) >= 11 is 0. The van der Waals surface area contributed by atoms with Crippen LogP contribution in [-0.2, 0) is 0 Å². The summed E-state index contributed by atoms with van der Waals surface area (Å²) in [5, 5.41) is 35.4. The maximum Gasteiger partial charge on any atom is 0.163 e. The summed E-state index contributed by atoms with van der Waals surface area (Å²) in [5.74, 6) is 0.639. The topological polar surface area (TPSA) is 114 Å². The highest BCUT2D eigenvalue weighted by Gasteiger charge is 2.11. The number of hydrogen-bond donors (Lipinski definition) is 1. The van der Waals surface area contributed by atoms with Gasteiger partial charge in [-0.2, -0.15) is 20.9 Å². The lowest BCUT2D eigenvalue weighted by atomic mass is 10.1. The average Bonchev–Trinajstić information content (AvgIpc) is 2.99. The number of benzene rings is 1. The Morgan fingerprint density at radius 1 is 1.04 bits per heavy atom. The van der Waals surface area contributed by atoms with Gasteiger partial charge in [0.2, 0.25) is 0 Å². The molecular weight excluding hydrogens is 326 g/mol. The van der Waals surface area contributed by atoms with Gasteiger partial charge in [0.15, 0.2) is 11.4 Å². The average molecular weight is 339 g/mol. The van der Waals surface area contributed by atoms with Gasteiger partial charge < -0.3 is 5.32 Å². The monoisotopic (exact) mass is 339 g/mol. The summed E-state index contributed by atoms with van der Waals surface area (Å²) in [7, 11) is 0. The summed E-state index contributed by atoms with van der Waals surface area (Å²) in [4.78, 5) is 4.66. The van der Waals surface area contributed by atoms with Gasteiger partial charge >= 0.3 is 0 Å². The van der Waals surface area contributed by atoms with Crippen molar-refractivity contribution in [3.05, 3.63) is 59.1 Å². The summed E-state index contributed by atoms with van der Waals surface area (Å²) in [6, 6.07) is 16.5. The van der Waals surface area contributed by atoms with Crippen LogP contribution in [0.5, 0.6) is 0 Å². The lowest BCUT2D eigenvalue weighted by Gasteiger charge is -2.10. The van der Waals surface area contributed by atoms with Gasteiger partial charge in [0.25, 0.3) is 0 Å². The van der Waals surface area contributed by atoms with Gasteiger partial charge in [-0.3, -0.25) is 0 Å². The molecule has 2 heterocycles. The van der Waals surface area contributed by atoms with Crippen molar-refractivity contribution in [1.82, 2.24) is 14.8 Å². The van der Waals surface area contributed by atoms with Gasteiger partial charge in [0.1, 0.15) is 23.9 Å². The fraction of sp³-hybridized carbons (Fsp3) is 0.105. The molecule has 0 saturated heterocycles. The maximum atomic E-state index is 9.26. The Morgan fingerprint density at radius 3 is 2.42 bits per heavy atom. The third-order valence-electron chi connectivity index (χ3n) is 3.78. The first kappa shape index (κ1) is 16.7. The third-order valence-corrected chi connectivity index (χ3v) is 3.78. The molecule has 2 aromatic heterocycles. The SMILES string of the molecule is Cc1cc(C)n(-c2ccc3cccc(NC(C#N)=C(C#N)C#N)c3n2)n1. The van der Waals surface area contributed by atoms with E-state index in [0.29, 0.717) is 17.0 Å². The number of hydrogen-bond acceptors (Lipinski definition) is 6. The van der Waals surface area contributed by atoms with Gasteiger partial charge in [0, 0.05) is 11.1 Å². The molecule has 0 amide bonds. The number of aryl methyl sites for hydroxylation is 2. The highest BCUT2D eigenvalue weighted by atomic mass is 15.3. The van der Waals surface area contributed by atoms with Crippen molar-refractivity contribution in [2.45, 2.75) is 13.8 Å². The van der Waals surface area contributed by atoms with Crippen LogP contribution in [0.1, 0.15) is 11.4 Å². The Labute approximate surface area is 150 Å². The number of nitriles is 3. The number of rotatable bonds is 3. The first-order valence-corrected chi connectivity index (χ1v) is 7.72. The zero-order valence-corrected chi connectivity index (χ0v) is 14.1. The molecule has 0 bridgehead atoms. The van der Waals surface area contributed by atoms with Crippen LogP contribution in [-0.4, -0.2) is 14.8 Å². The Kier molecular flexibility index (Phi) is 4.34. The number of anilines is 1. The largest absolute Gasteiger partial charge is 0.343 e. The van der Waals surface area contributed by atoms with Crippen LogP contribution in [0, 0.1) is 47.8 Å². The fourth-order valence-corrected chi connectivity index (χ4v) is 2.63. The number of pyridine rings is 1. The molecule has 1 N–H and O–H groups in total. The van der Waals surface area contributed by atoms with E-state index in [9.17, 15) is 5.26 Å². The predicted octanol–water partition coefficient (Wildman–Crippen LogP) is 3.27. The van der Waals surface area contributed by atoms with E-state index in [0.717, 1.165) is 16.8 Å². The van der Waals surface area contributed by atoms with Crippen LogP contribution in [0.4, 0.5) is 5.69 Å². The molecule has 0 saturated carbocycles. The van der Waals surface area contributed by atoms with E-state index in [1.165, 1.54) is 0 Å². The highest BCUT2D eigenvalue weighted by Crippen LogP contribution is 2.25. The highest BCUT2D eigenvalue weighted by molar-refractivity contribution is 5.92. The molecule has 26 heavy (non-hydrogen) atoms. The molecule has 3 rings (SSSR count). The standard InChI is InChI=1S/C19H13N7/c1-12-8-13(2)26(25-12)18-7-6-14-4-3-5-16(19(14)24-18)23-17(11-22)15(9-20)10-21/h3-8,23H,1-2H3. The number of aromatic nitrogens is 3. The molecule has 0 radical (unpaired) electrons. The molecule has 0 atom stereocenters. The summed E-state index contributed by atoms with van der Waals surface area (Å²) in [6.45, 7) is 3.85. The van der Waals surface area contributed by atoms with Crippen LogP contribution in [0.15, 0.2) is 47.7 Å². The summed E-state index contributed by atoms with van der Waals surface area (Å²) in [6.07, 6.45) is 0. The number of fused-ring (bicyclic) bond motifs is 1. The number of allylic oxidation sites excluding steroid dienone is 2. The minimum atomic E-state index is -0.279. The Balaban J connectivity index is 2.16. The molecule has 124 valence electrons. The molecular formula is C19H13N7. The first-order valence-electron chi connectivity index (χ1n) is 7.72. The lowest BCUT2D eigenvalue weighted by Crippen LogP contribution is -2.05. The van der Waals surface area contributed by atoms with Gasteiger partial charge in [-0.1, -0.05) is 12.1 Å². The summed E-state index contributed by atoms with van der Waals surface area (Å²) < 4.78 is 1.74. The van der Waals surface area contributed by atoms with E-state index in [-0.39, 0.29) is 11.3 Å². The predicted molar refractivity (Wildman–Crippen MR) is 95.8 cm³/mol. The normalized spacial score (nSPS) is 9.81. The minimum absolute atomic E-state index is 0.110. The van der Waals surface area contributed by atoms with E-state index in [2.05, 4.69) is 15.4 Å². The number of nitrogens with zero attached hydrogens (tertiary/aromatic N) is 6. The lowest BCUT2D eigenvalue weighted by molar-refractivity contribution is 0.811. The third kappa shape index (κ3) is 2.96. The van der Waals surface area contributed by atoms with E-state index >= 15 is 0 Å². The molecule has 0 spiro atoms. The Bertz CT molecular complexity index is 1150. The molecule has 0 fully saturated rings. The number of para-hydroxylation sites is 1. The van der Waals surface area contributed by atoms with E-state index in [1.54, 1.807) is 22.9 Å². The zero-order chi connectivity index (χ0) is 18.7. The Hall–Kier alpha value is -4.15. The van der Waals surface area contributed by atoms with E-state index in [4.69, 9.17) is 10.5 Å². The van der Waals surface area contributed by atoms with E-state index in [1.807, 2.05) is 50.2 Å². The molecule has 0 unspecified atom stereocenters. The van der Waals surface area contributed by atoms with Gasteiger partial charge in [0.05, 0.1) is 16.9 Å². The summed E-state index contributed by atoms with van der Waals surface area (Å²) in [5.41, 5.74) is 2.60. The van der Waals surface area contributed by atoms with Crippen molar-refractivity contribution in [3.8, 4) is 24.0 Å². The van der Waals surface area contributed by atoms with E-state index < -0.39 is 0 Å². The molecule has 7 nitrogen and oxygen atoms in total.